The minimum absolute atomic E-state index is 0.112. The van der Waals surface area contributed by atoms with E-state index in [1.807, 2.05) is 6.07 Å². The van der Waals surface area contributed by atoms with E-state index >= 15 is 0 Å². The fourth-order valence-electron chi connectivity index (χ4n) is 4.60. The van der Waals surface area contributed by atoms with Crippen molar-refractivity contribution in [3.05, 3.63) is 53.1 Å². The van der Waals surface area contributed by atoms with Crippen molar-refractivity contribution < 1.29 is 54.3 Å². The standard InChI is InChI=1S/C26H32O11/c1-33-18-10-14(5-6-17(18)35-26-23(32)22(31)21(30)20(12-29)36-26)24-16(11-28)15-8-13(4-3-7-27)9-19(34-2)25(15)37-24/h3-6,8-10,16,20-24,26-32H,7,11-12H2,1-2H3/b4-3+/t16-,20-,21-,22+,23-,24+,26-/m1/s1. The molecule has 0 bridgehead atoms. The van der Waals surface area contributed by atoms with E-state index < -0.39 is 49.3 Å². The zero-order valence-corrected chi connectivity index (χ0v) is 20.4. The third-order valence-electron chi connectivity index (χ3n) is 6.56. The molecule has 0 unspecified atom stereocenters. The van der Waals surface area contributed by atoms with Crippen molar-refractivity contribution >= 4 is 6.08 Å². The van der Waals surface area contributed by atoms with Crippen LogP contribution in [0.4, 0.5) is 0 Å². The van der Waals surface area contributed by atoms with Gasteiger partial charge < -0.3 is 54.3 Å². The summed E-state index contributed by atoms with van der Waals surface area (Å²) in [7, 11) is 2.95. The van der Waals surface area contributed by atoms with Crippen molar-refractivity contribution in [3.63, 3.8) is 0 Å². The van der Waals surface area contributed by atoms with Gasteiger partial charge in [-0.05, 0) is 35.4 Å². The molecule has 0 saturated carbocycles. The maximum Gasteiger partial charge on any atom is 0.229 e. The number of methoxy groups -OCH3 is 2. The molecule has 2 aromatic carbocycles. The number of fused-ring (bicyclic) bond motifs is 1. The predicted molar refractivity (Wildman–Crippen MR) is 130 cm³/mol. The molecule has 1 fully saturated rings. The van der Waals surface area contributed by atoms with E-state index in [0.29, 0.717) is 17.1 Å². The lowest BCUT2D eigenvalue weighted by Gasteiger charge is -2.39. The Morgan fingerprint density at radius 2 is 1.62 bits per heavy atom. The second kappa shape index (κ2) is 11.7. The Morgan fingerprint density at radius 3 is 2.27 bits per heavy atom. The van der Waals surface area contributed by atoms with Crippen LogP contribution in [0.1, 0.15) is 28.7 Å². The number of aliphatic hydroxyl groups is 6. The number of ether oxygens (including phenoxy) is 5. The number of hydrogen-bond acceptors (Lipinski definition) is 11. The highest BCUT2D eigenvalue weighted by Crippen LogP contribution is 2.51. The SMILES string of the molecule is COc1cc([C@@H]2Oc3c(OC)cc(/C=C/CO)cc3[C@H]2CO)ccc1O[C@@H]1O[C@H](CO)[C@@H](O)[C@H](O)[C@H]1O. The van der Waals surface area contributed by atoms with E-state index in [9.17, 15) is 25.5 Å². The van der Waals surface area contributed by atoms with E-state index in [1.54, 1.807) is 36.4 Å². The third-order valence-corrected chi connectivity index (χ3v) is 6.56. The van der Waals surface area contributed by atoms with Crippen LogP contribution in [0.15, 0.2) is 36.4 Å². The van der Waals surface area contributed by atoms with Crippen LogP contribution in [0.25, 0.3) is 6.08 Å². The number of hydrogen-bond donors (Lipinski definition) is 6. The predicted octanol–water partition coefficient (Wildman–Crippen LogP) is 0.0976. The van der Waals surface area contributed by atoms with Crippen LogP contribution in [0.3, 0.4) is 0 Å². The van der Waals surface area contributed by atoms with Gasteiger partial charge in [0.25, 0.3) is 0 Å². The molecule has 4 rings (SSSR count). The maximum atomic E-state index is 10.3. The fraction of sp³-hybridized carbons (Fsp3) is 0.462. The highest BCUT2D eigenvalue weighted by Gasteiger charge is 2.45. The van der Waals surface area contributed by atoms with Crippen LogP contribution in [-0.4, -0.2) is 95.4 Å². The first-order valence-corrected chi connectivity index (χ1v) is 11.8. The van der Waals surface area contributed by atoms with Gasteiger partial charge in [0.15, 0.2) is 23.0 Å². The van der Waals surface area contributed by atoms with Gasteiger partial charge in [0.2, 0.25) is 6.29 Å². The van der Waals surface area contributed by atoms with Crippen LogP contribution in [0, 0.1) is 0 Å². The first-order chi connectivity index (χ1) is 17.9. The van der Waals surface area contributed by atoms with Crippen LogP contribution in [0.5, 0.6) is 23.0 Å². The van der Waals surface area contributed by atoms with Gasteiger partial charge in [0.1, 0.15) is 30.5 Å². The summed E-state index contributed by atoms with van der Waals surface area (Å²) in [6, 6.07) is 8.60. The van der Waals surface area contributed by atoms with Crippen LogP contribution in [0.2, 0.25) is 0 Å². The molecule has 6 N–H and O–H groups in total. The summed E-state index contributed by atoms with van der Waals surface area (Å²) >= 11 is 0. The van der Waals surface area contributed by atoms with Crippen molar-refractivity contribution in [1.29, 1.82) is 0 Å². The molecule has 202 valence electrons. The van der Waals surface area contributed by atoms with Crippen molar-refractivity contribution in [2.45, 2.75) is 42.7 Å². The van der Waals surface area contributed by atoms with Crippen LogP contribution >= 0.6 is 0 Å². The lowest BCUT2D eigenvalue weighted by atomic mass is 9.90. The molecule has 37 heavy (non-hydrogen) atoms. The highest BCUT2D eigenvalue weighted by atomic mass is 16.7. The average molecular weight is 521 g/mol. The lowest BCUT2D eigenvalue weighted by Crippen LogP contribution is -2.60. The quantitative estimate of drug-likeness (QED) is 0.265. The molecule has 11 heteroatoms. The molecule has 0 aromatic heterocycles. The topological polar surface area (TPSA) is 168 Å². The molecular formula is C26H32O11. The molecule has 0 spiro atoms. The Kier molecular flexibility index (Phi) is 8.55. The van der Waals surface area contributed by atoms with E-state index in [0.717, 1.165) is 11.1 Å². The molecule has 7 atom stereocenters. The third kappa shape index (κ3) is 5.25. The van der Waals surface area contributed by atoms with Gasteiger partial charge in [-0.3, -0.25) is 0 Å². The molecule has 2 aliphatic heterocycles. The minimum atomic E-state index is -1.58. The molecule has 0 radical (unpaired) electrons. The molecule has 2 aromatic rings. The number of benzene rings is 2. The molecule has 0 aliphatic carbocycles. The molecule has 11 nitrogen and oxygen atoms in total. The second-order valence-corrected chi connectivity index (χ2v) is 8.78. The van der Waals surface area contributed by atoms with Gasteiger partial charge in [0.05, 0.1) is 40.0 Å². The largest absolute Gasteiger partial charge is 0.493 e. The van der Waals surface area contributed by atoms with Crippen molar-refractivity contribution in [3.8, 4) is 23.0 Å². The van der Waals surface area contributed by atoms with Crippen molar-refractivity contribution in [2.75, 3.05) is 34.0 Å². The number of aliphatic hydroxyl groups excluding tert-OH is 6. The summed E-state index contributed by atoms with van der Waals surface area (Å²) in [4.78, 5) is 0. The van der Waals surface area contributed by atoms with E-state index in [-0.39, 0.29) is 24.7 Å². The van der Waals surface area contributed by atoms with Crippen LogP contribution in [-0.2, 0) is 4.74 Å². The van der Waals surface area contributed by atoms with E-state index in [1.165, 1.54) is 14.2 Å². The summed E-state index contributed by atoms with van der Waals surface area (Å²) in [6.07, 6.45) is -4.38. The normalized spacial score (nSPS) is 29.1. The van der Waals surface area contributed by atoms with Crippen molar-refractivity contribution in [1.82, 2.24) is 0 Å². The molecular weight excluding hydrogens is 488 g/mol. The summed E-state index contributed by atoms with van der Waals surface area (Å²) in [5, 5.41) is 59.1. The Balaban J connectivity index is 1.61. The van der Waals surface area contributed by atoms with Gasteiger partial charge in [-0.1, -0.05) is 18.2 Å². The van der Waals surface area contributed by atoms with Gasteiger partial charge >= 0.3 is 0 Å². The highest BCUT2D eigenvalue weighted by molar-refractivity contribution is 5.62. The molecule has 0 amide bonds. The Bertz CT molecular complexity index is 1100. The molecule has 1 saturated heterocycles. The minimum Gasteiger partial charge on any atom is -0.493 e. The van der Waals surface area contributed by atoms with Gasteiger partial charge in [-0.25, -0.2) is 0 Å². The average Bonchev–Trinajstić information content (AvgIpc) is 3.30. The summed E-state index contributed by atoms with van der Waals surface area (Å²) in [5.74, 6) is 1.03. The monoisotopic (exact) mass is 520 g/mol. The van der Waals surface area contributed by atoms with Crippen LogP contribution < -0.4 is 18.9 Å². The zero-order valence-electron chi connectivity index (χ0n) is 20.4. The lowest BCUT2D eigenvalue weighted by molar-refractivity contribution is -0.277. The Morgan fingerprint density at radius 1 is 0.865 bits per heavy atom. The zero-order chi connectivity index (χ0) is 26.7. The fourth-order valence-corrected chi connectivity index (χ4v) is 4.60. The summed E-state index contributed by atoms with van der Waals surface area (Å²) in [6.45, 7) is -0.900. The van der Waals surface area contributed by atoms with Gasteiger partial charge in [-0.15, -0.1) is 0 Å². The summed E-state index contributed by atoms with van der Waals surface area (Å²) < 4.78 is 28.4. The maximum absolute atomic E-state index is 10.3. The molecule has 2 aliphatic rings. The van der Waals surface area contributed by atoms with Crippen molar-refractivity contribution in [2.24, 2.45) is 0 Å². The smallest absolute Gasteiger partial charge is 0.229 e. The van der Waals surface area contributed by atoms with Gasteiger partial charge in [0, 0.05) is 5.56 Å². The number of rotatable bonds is 9. The van der Waals surface area contributed by atoms with E-state index in [4.69, 9.17) is 28.8 Å². The summed E-state index contributed by atoms with van der Waals surface area (Å²) in [5.41, 5.74) is 2.21. The van der Waals surface area contributed by atoms with E-state index in [2.05, 4.69) is 0 Å². The second-order valence-electron chi connectivity index (χ2n) is 8.78. The first-order valence-electron chi connectivity index (χ1n) is 11.8. The van der Waals surface area contributed by atoms with Gasteiger partial charge in [-0.2, -0.15) is 0 Å². The Hall–Kier alpha value is -2.90. The molecule has 2 heterocycles. The first kappa shape index (κ1) is 27.1. The Labute approximate surface area is 213 Å².